The summed E-state index contributed by atoms with van der Waals surface area (Å²) in [5, 5.41) is 0. The van der Waals surface area contributed by atoms with Gasteiger partial charge in [0.2, 0.25) is 0 Å². The van der Waals surface area contributed by atoms with Crippen molar-refractivity contribution in [3.63, 3.8) is 0 Å². The number of alkyl halides is 1. The number of hydrogen-bond acceptors (Lipinski definition) is 1. The van der Waals surface area contributed by atoms with Crippen LogP contribution in [0.3, 0.4) is 0 Å². The SMILES string of the molecule is FCc1cccc(NI)c1. The Morgan fingerprint density at radius 2 is 2.30 bits per heavy atom. The Kier molecular flexibility index (Phi) is 2.92. The number of halogens is 2. The summed E-state index contributed by atoms with van der Waals surface area (Å²) in [6.07, 6.45) is 0. The molecule has 1 aromatic carbocycles. The average molecular weight is 251 g/mol. The third-order valence-electron chi connectivity index (χ3n) is 1.19. The van der Waals surface area contributed by atoms with Gasteiger partial charge in [0.15, 0.2) is 0 Å². The van der Waals surface area contributed by atoms with Crippen molar-refractivity contribution < 1.29 is 4.39 Å². The smallest absolute Gasteiger partial charge is 0.115 e. The van der Waals surface area contributed by atoms with Crippen LogP contribution in [-0.2, 0) is 6.67 Å². The number of hydrogen-bond donors (Lipinski definition) is 1. The zero-order chi connectivity index (χ0) is 7.40. The lowest BCUT2D eigenvalue weighted by Gasteiger charge is -1.98. The molecule has 10 heavy (non-hydrogen) atoms. The van der Waals surface area contributed by atoms with Crippen molar-refractivity contribution in [2.45, 2.75) is 6.67 Å². The molecule has 54 valence electrons. The number of nitrogens with one attached hydrogen (secondary N) is 1. The molecule has 0 aliphatic carbocycles. The van der Waals surface area contributed by atoms with Crippen LogP contribution in [0.5, 0.6) is 0 Å². The lowest BCUT2D eigenvalue weighted by molar-refractivity contribution is 0.485. The van der Waals surface area contributed by atoms with Crippen LogP contribution in [0.4, 0.5) is 10.1 Å². The molecule has 1 N–H and O–H groups in total. The fourth-order valence-corrected chi connectivity index (χ4v) is 1.05. The lowest BCUT2D eigenvalue weighted by Crippen LogP contribution is -1.81. The van der Waals surface area contributed by atoms with E-state index in [0.717, 1.165) is 5.69 Å². The Labute approximate surface area is 73.1 Å². The molecule has 0 atom stereocenters. The molecule has 0 spiro atoms. The Hall–Kier alpha value is -0.320. The molecule has 3 heteroatoms. The van der Waals surface area contributed by atoms with E-state index < -0.39 is 6.67 Å². The van der Waals surface area contributed by atoms with Crippen LogP contribution < -0.4 is 3.53 Å². The van der Waals surface area contributed by atoms with Gasteiger partial charge in [0.05, 0.1) is 22.9 Å². The van der Waals surface area contributed by atoms with E-state index in [1.165, 1.54) is 0 Å². The maximum atomic E-state index is 12.0. The van der Waals surface area contributed by atoms with Gasteiger partial charge in [0.25, 0.3) is 0 Å². The normalized spacial score (nSPS) is 9.40. The van der Waals surface area contributed by atoms with E-state index in [4.69, 9.17) is 0 Å². The zero-order valence-corrected chi connectivity index (χ0v) is 7.43. The molecule has 0 saturated heterocycles. The van der Waals surface area contributed by atoms with Crippen LogP contribution in [0, 0.1) is 0 Å². The molecule has 0 bridgehead atoms. The second-order valence-electron chi connectivity index (χ2n) is 1.93. The van der Waals surface area contributed by atoms with Gasteiger partial charge >= 0.3 is 0 Å². The average Bonchev–Trinajstić information content (AvgIpc) is 2.05. The zero-order valence-electron chi connectivity index (χ0n) is 5.27. The second-order valence-corrected chi connectivity index (χ2v) is 2.47. The van der Waals surface area contributed by atoms with Crippen molar-refractivity contribution in [3.05, 3.63) is 29.8 Å². The van der Waals surface area contributed by atoms with Gasteiger partial charge in [-0.15, -0.1) is 0 Å². The minimum absolute atomic E-state index is 0.397. The molecule has 1 nitrogen and oxygen atoms in total. The van der Waals surface area contributed by atoms with E-state index >= 15 is 0 Å². The fourth-order valence-electron chi connectivity index (χ4n) is 0.713. The van der Waals surface area contributed by atoms with Crippen LogP contribution in [-0.4, -0.2) is 0 Å². The highest BCUT2D eigenvalue weighted by Gasteiger charge is 1.91. The highest BCUT2D eigenvalue weighted by atomic mass is 127. The van der Waals surface area contributed by atoms with Crippen LogP contribution in [0.15, 0.2) is 24.3 Å². The summed E-state index contributed by atoms with van der Waals surface area (Å²) >= 11 is 2.01. The van der Waals surface area contributed by atoms with Crippen LogP contribution in [0.1, 0.15) is 5.56 Å². The van der Waals surface area contributed by atoms with Gasteiger partial charge < -0.3 is 3.53 Å². The monoisotopic (exact) mass is 251 g/mol. The van der Waals surface area contributed by atoms with Crippen molar-refractivity contribution in [2.24, 2.45) is 0 Å². The van der Waals surface area contributed by atoms with E-state index in [1.54, 1.807) is 12.1 Å². The first kappa shape index (κ1) is 7.78. The van der Waals surface area contributed by atoms with E-state index in [2.05, 4.69) is 3.53 Å². The number of anilines is 1. The van der Waals surface area contributed by atoms with Crippen molar-refractivity contribution in [1.29, 1.82) is 0 Å². The van der Waals surface area contributed by atoms with E-state index in [1.807, 2.05) is 35.0 Å². The molecular weight excluding hydrogens is 244 g/mol. The van der Waals surface area contributed by atoms with Crippen LogP contribution in [0.2, 0.25) is 0 Å². The molecule has 1 aromatic rings. The van der Waals surface area contributed by atoms with Crippen molar-refractivity contribution in [2.75, 3.05) is 3.53 Å². The van der Waals surface area contributed by atoms with Gasteiger partial charge in [-0.3, -0.25) is 0 Å². The lowest BCUT2D eigenvalue weighted by atomic mass is 10.2. The van der Waals surface area contributed by atoms with E-state index in [0.29, 0.717) is 5.56 Å². The Balaban J connectivity index is 2.87. The van der Waals surface area contributed by atoms with Gasteiger partial charge in [-0.1, -0.05) is 12.1 Å². The topological polar surface area (TPSA) is 12.0 Å². The summed E-state index contributed by atoms with van der Waals surface area (Å²) in [4.78, 5) is 0. The summed E-state index contributed by atoms with van der Waals surface area (Å²) in [7, 11) is 0. The Morgan fingerprint density at radius 3 is 2.90 bits per heavy atom. The van der Waals surface area contributed by atoms with E-state index in [-0.39, 0.29) is 0 Å². The fraction of sp³-hybridized carbons (Fsp3) is 0.143. The van der Waals surface area contributed by atoms with Crippen molar-refractivity contribution >= 4 is 28.6 Å². The Morgan fingerprint density at radius 1 is 1.50 bits per heavy atom. The summed E-state index contributed by atoms with van der Waals surface area (Å²) in [5.41, 5.74) is 1.65. The third kappa shape index (κ3) is 1.83. The first-order chi connectivity index (χ1) is 4.86. The molecule has 0 heterocycles. The molecular formula is C7H7FIN. The van der Waals surface area contributed by atoms with Gasteiger partial charge in [0.1, 0.15) is 6.67 Å². The molecule has 0 fully saturated rings. The van der Waals surface area contributed by atoms with Gasteiger partial charge in [-0.2, -0.15) is 0 Å². The minimum atomic E-state index is -0.397. The maximum Gasteiger partial charge on any atom is 0.115 e. The molecule has 0 aliphatic heterocycles. The van der Waals surface area contributed by atoms with Crippen LogP contribution in [0.25, 0.3) is 0 Å². The predicted molar refractivity (Wildman–Crippen MR) is 48.9 cm³/mol. The molecule has 1 rings (SSSR count). The summed E-state index contributed by atoms with van der Waals surface area (Å²) in [5.74, 6) is 0. The van der Waals surface area contributed by atoms with Crippen molar-refractivity contribution in [3.8, 4) is 0 Å². The largest absolute Gasteiger partial charge is 0.328 e. The van der Waals surface area contributed by atoms with Crippen LogP contribution >= 0.6 is 22.9 Å². The quantitative estimate of drug-likeness (QED) is 0.629. The first-order valence-electron chi connectivity index (χ1n) is 2.88. The highest BCUT2D eigenvalue weighted by Crippen LogP contribution is 2.12. The number of rotatable bonds is 2. The Bertz CT molecular complexity index is 195. The third-order valence-corrected chi connectivity index (χ3v) is 1.81. The molecule has 0 amide bonds. The molecule has 0 radical (unpaired) electrons. The van der Waals surface area contributed by atoms with Gasteiger partial charge in [-0.25, -0.2) is 4.39 Å². The predicted octanol–water partition coefficient (Wildman–Crippen LogP) is 2.92. The summed E-state index contributed by atoms with van der Waals surface area (Å²) in [6, 6.07) is 7.27. The molecule has 0 aliphatic rings. The highest BCUT2D eigenvalue weighted by molar-refractivity contribution is 14.1. The molecule has 0 aromatic heterocycles. The molecule has 0 saturated carbocycles. The second kappa shape index (κ2) is 3.75. The first-order valence-corrected chi connectivity index (χ1v) is 3.96. The van der Waals surface area contributed by atoms with E-state index in [9.17, 15) is 4.39 Å². The summed E-state index contributed by atoms with van der Waals surface area (Å²) in [6.45, 7) is -0.397. The summed E-state index contributed by atoms with van der Waals surface area (Å²) < 4.78 is 14.9. The van der Waals surface area contributed by atoms with Crippen molar-refractivity contribution in [1.82, 2.24) is 0 Å². The van der Waals surface area contributed by atoms with Gasteiger partial charge in [0, 0.05) is 5.69 Å². The standard InChI is InChI=1S/C7H7FIN/c8-5-6-2-1-3-7(4-6)10-9/h1-4,10H,5H2. The molecule has 0 unspecified atom stereocenters. The maximum absolute atomic E-state index is 12.0. The number of benzene rings is 1. The minimum Gasteiger partial charge on any atom is -0.328 e. The van der Waals surface area contributed by atoms with Gasteiger partial charge in [-0.05, 0) is 17.7 Å².